The second-order valence-corrected chi connectivity index (χ2v) is 5.69. The summed E-state index contributed by atoms with van der Waals surface area (Å²) in [6.45, 7) is 3.10. The molecule has 1 N–H and O–H groups in total. The van der Waals surface area contributed by atoms with Crippen LogP contribution >= 0.6 is 11.3 Å². The average molecular weight is 240 g/mol. The minimum atomic E-state index is -0.258. The fraction of sp³-hybridized carbons (Fsp3) is 0.667. The van der Waals surface area contributed by atoms with Crippen molar-refractivity contribution >= 4 is 11.3 Å². The number of aliphatic hydroxyl groups is 1. The van der Waals surface area contributed by atoms with Crippen molar-refractivity contribution in [2.24, 2.45) is 0 Å². The van der Waals surface area contributed by atoms with E-state index in [1.165, 1.54) is 4.88 Å². The molecule has 1 fully saturated rings. The van der Waals surface area contributed by atoms with Gasteiger partial charge in [0.2, 0.25) is 0 Å². The summed E-state index contributed by atoms with van der Waals surface area (Å²) >= 11 is 1.73. The number of piperazine rings is 1. The fourth-order valence-electron chi connectivity index (χ4n) is 2.23. The van der Waals surface area contributed by atoms with Crippen LogP contribution in [0, 0.1) is 0 Å². The van der Waals surface area contributed by atoms with E-state index in [2.05, 4.69) is 35.3 Å². The predicted molar refractivity (Wildman–Crippen MR) is 67.9 cm³/mol. The van der Waals surface area contributed by atoms with Crippen molar-refractivity contribution in [2.75, 3.05) is 33.7 Å². The smallest absolute Gasteiger partial charge is 0.0755 e. The molecule has 0 aliphatic carbocycles. The lowest BCUT2D eigenvalue weighted by atomic mass is 10.0. The van der Waals surface area contributed by atoms with E-state index in [1.54, 1.807) is 11.3 Å². The number of hydrogen-bond acceptors (Lipinski definition) is 4. The summed E-state index contributed by atoms with van der Waals surface area (Å²) in [5, 5.41) is 12.3. The molecule has 0 radical (unpaired) electrons. The van der Waals surface area contributed by atoms with E-state index < -0.39 is 0 Å². The zero-order valence-corrected chi connectivity index (χ0v) is 10.8. The molecule has 16 heavy (non-hydrogen) atoms. The van der Waals surface area contributed by atoms with Crippen LogP contribution in [0.15, 0.2) is 17.5 Å². The Morgan fingerprint density at radius 1 is 1.50 bits per heavy atom. The molecule has 1 aromatic rings. The molecule has 2 atom stereocenters. The number of rotatable bonds is 3. The summed E-state index contributed by atoms with van der Waals surface area (Å²) in [5.41, 5.74) is 0. The maximum atomic E-state index is 10.3. The van der Waals surface area contributed by atoms with E-state index in [4.69, 9.17) is 0 Å². The summed E-state index contributed by atoms with van der Waals surface area (Å²) < 4.78 is 0. The standard InChI is InChI=1S/C12H20N2OS/c1-13-5-6-14(2)11(9-13)12(15)8-10-4-3-7-16-10/h3-4,7,11-12,15H,5-6,8-9H2,1-2H3. The van der Waals surface area contributed by atoms with Crippen LogP contribution in [0.2, 0.25) is 0 Å². The predicted octanol–water partition coefficient (Wildman–Crippen LogP) is 0.897. The van der Waals surface area contributed by atoms with E-state index >= 15 is 0 Å². The minimum Gasteiger partial charge on any atom is -0.391 e. The van der Waals surface area contributed by atoms with Gasteiger partial charge in [-0.3, -0.25) is 4.90 Å². The van der Waals surface area contributed by atoms with Crippen molar-refractivity contribution in [1.29, 1.82) is 0 Å². The highest BCUT2D eigenvalue weighted by molar-refractivity contribution is 7.09. The molecule has 1 aliphatic heterocycles. The number of thiophene rings is 1. The Labute approximate surface area is 101 Å². The second kappa shape index (κ2) is 5.27. The second-order valence-electron chi connectivity index (χ2n) is 4.66. The molecule has 2 rings (SSSR count). The minimum absolute atomic E-state index is 0.258. The first kappa shape index (κ1) is 12.0. The molecule has 0 bridgehead atoms. The lowest BCUT2D eigenvalue weighted by Gasteiger charge is -2.40. The molecule has 90 valence electrons. The molecule has 2 heterocycles. The van der Waals surface area contributed by atoms with Gasteiger partial charge in [0.1, 0.15) is 0 Å². The van der Waals surface area contributed by atoms with Gasteiger partial charge >= 0.3 is 0 Å². The highest BCUT2D eigenvalue weighted by atomic mass is 32.1. The van der Waals surface area contributed by atoms with Crippen molar-refractivity contribution < 1.29 is 5.11 Å². The molecule has 2 unspecified atom stereocenters. The molecule has 1 aliphatic rings. The van der Waals surface area contributed by atoms with Crippen LogP contribution in [0.1, 0.15) is 4.88 Å². The number of hydrogen-bond donors (Lipinski definition) is 1. The van der Waals surface area contributed by atoms with Gasteiger partial charge in [0.05, 0.1) is 6.10 Å². The molecular weight excluding hydrogens is 220 g/mol. The van der Waals surface area contributed by atoms with Crippen LogP contribution in [0.3, 0.4) is 0 Å². The van der Waals surface area contributed by atoms with Gasteiger partial charge < -0.3 is 10.0 Å². The Kier molecular flexibility index (Phi) is 3.97. The van der Waals surface area contributed by atoms with Gasteiger partial charge in [-0.05, 0) is 25.5 Å². The zero-order valence-electron chi connectivity index (χ0n) is 9.97. The third-order valence-corrected chi connectivity index (χ3v) is 4.23. The van der Waals surface area contributed by atoms with E-state index in [-0.39, 0.29) is 12.1 Å². The Hall–Kier alpha value is -0.420. The van der Waals surface area contributed by atoms with Gasteiger partial charge in [-0.1, -0.05) is 6.07 Å². The van der Waals surface area contributed by atoms with Crippen molar-refractivity contribution in [1.82, 2.24) is 9.80 Å². The first-order chi connectivity index (χ1) is 7.66. The van der Waals surface area contributed by atoms with Gasteiger partial charge in [-0.15, -0.1) is 11.3 Å². The van der Waals surface area contributed by atoms with Crippen LogP contribution < -0.4 is 0 Å². The van der Waals surface area contributed by atoms with Crippen LogP contribution in [0.25, 0.3) is 0 Å². The van der Waals surface area contributed by atoms with Crippen LogP contribution in [-0.2, 0) is 6.42 Å². The van der Waals surface area contributed by atoms with Crippen molar-refractivity contribution in [3.63, 3.8) is 0 Å². The Morgan fingerprint density at radius 3 is 3.00 bits per heavy atom. The quantitative estimate of drug-likeness (QED) is 0.850. The first-order valence-electron chi connectivity index (χ1n) is 5.76. The van der Waals surface area contributed by atoms with E-state index in [0.29, 0.717) is 0 Å². The molecule has 0 aromatic carbocycles. The summed E-state index contributed by atoms with van der Waals surface area (Å²) in [7, 11) is 4.23. The highest BCUT2D eigenvalue weighted by Crippen LogP contribution is 2.17. The topological polar surface area (TPSA) is 26.7 Å². The number of likely N-dealkylation sites (N-methyl/N-ethyl adjacent to an activating group) is 2. The zero-order chi connectivity index (χ0) is 11.5. The van der Waals surface area contributed by atoms with E-state index in [0.717, 1.165) is 26.1 Å². The average Bonchev–Trinajstić information content (AvgIpc) is 2.74. The molecule has 3 nitrogen and oxygen atoms in total. The Bertz CT molecular complexity index is 315. The molecule has 0 saturated carbocycles. The van der Waals surface area contributed by atoms with Gasteiger partial charge in [0, 0.05) is 37.0 Å². The fourth-order valence-corrected chi connectivity index (χ4v) is 2.99. The summed E-state index contributed by atoms with van der Waals surface area (Å²) in [4.78, 5) is 5.84. The maximum Gasteiger partial charge on any atom is 0.0755 e. The highest BCUT2D eigenvalue weighted by Gasteiger charge is 2.28. The molecule has 4 heteroatoms. The summed E-state index contributed by atoms with van der Waals surface area (Å²) in [5.74, 6) is 0. The monoisotopic (exact) mass is 240 g/mol. The molecule has 0 amide bonds. The largest absolute Gasteiger partial charge is 0.391 e. The molecule has 0 spiro atoms. The lowest BCUT2D eigenvalue weighted by molar-refractivity contribution is 0.0156. The van der Waals surface area contributed by atoms with E-state index in [9.17, 15) is 5.11 Å². The SMILES string of the molecule is CN1CCN(C)C(C(O)Cc2cccs2)C1. The molecule has 1 aromatic heterocycles. The van der Waals surface area contributed by atoms with Gasteiger partial charge in [0.15, 0.2) is 0 Å². The summed E-state index contributed by atoms with van der Waals surface area (Å²) in [6, 6.07) is 4.41. The normalized spacial score (nSPS) is 25.8. The maximum absolute atomic E-state index is 10.3. The van der Waals surface area contributed by atoms with Crippen LogP contribution in [-0.4, -0.2) is 60.8 Å². The third-order valence-electron chi connectivity index (χ3n) is 3.33. The van der Waals surface area contributed by atoms with Gasteiger partial charge in [-0.2, -0.15) is 0 Å². The third kappa shape index (κ3) is 2.83. The Morgan fingerprint density at radius 2 is 2.31 bits per heavy atom. The van der Waals surface area contributed by atoms with Crippen molar-refractivity contribution in [3.8, 4) is 0 Å². The van der Waals surface area contributed by atoms with Crippen LogP contribution in [0.5, 0.6) is 0 Å². The number of aliphatic hydroxyl groups excluding tert-OH is 1. The summed E-state index contributed by atoms with van der Waals surface area (Å²) in [6.07, 6.45) is 0.520. The van der Waals surface area contributed by atoms with Crippen molar-refractivity contribution in [3.05, 3.63) is 22.4 Å². The lowest BCUT2D eigenvalue weighted by Crippen LogP contribution is -2.55. The molecule has 1 saturated heterocycles. The number of nitrogens with zero attached hydrogens (tertiary/aromatic N) is 2. The van der Waals surface area contributed by atoms with Crippen LogP contribution in [0.4, 0.5) is 0 Å². The van der Waals surface area contributed by atoms with Gasteiger partial charge in [-0.25, -0.2) is 0 Å². The van der Waals surface area contributed by atoms with E-state index in [1.807, 2.05) is 6.07 Å². The van der Waals surface area contributed by atoms with Gasteiger partial charge in [0.25, 0.3) is 0 Å². The first-order valence-corrected chi connectivity index (χ1v) is 6.64. The van der Waals surface area contributed by atoms with Crippen molar-refractivity contribution in [2.45, 2.75) is 18.6 Å². The molecular formula is C12H20N2OS. The Balaban J connectivity index is 1.94.